The number of carbonyl (C=O) groups is 2. The number of hydrogen-bond donors (Lipinski definition) is 2. The quantitative estimate of drug-likeness (QED) is 0.629. The monoisotopic (exact) mass is 230 g/mol. The van der Waals surface area contributed by atoms with Gasteiger partial charge in [0.25, 0.3) is 0 Å². The highest BCUT2D eigenvalue weighted by atomic mass is 16.4. The number of aliphatic hydroxyl groups excluding tert-OH is 1. The van der Waals surface area contributed by atoms with Crippen molar-refractivity contribution in [3.63, 3.8) is 0 Å². The molecule has 1 unspecified atom stereocenters. The Labute approximate surface area is 94.8 Å². The molecule has 2 N–H and O–H groups in total. The number of likely N-dealkylation sites (N-methyl/N-ethyl adjacent to an activating group) is 1. The van der Waals surface area contributed by atoms with Crippen LogP contribution in [0, 0.1) is 0 Å². The SMILES string of the molecule is C=CCN(CC(=O)O)C(=O)N(C)C(C)CO. The van der Waals surface area contributed by atoms with Gasteiger partial charge < -0.3 is 20.0 Å². The van der Waals surface area contributed by atoms with E-state index in [4.69, 9.17) is 10.2 Å². The van der Waals surface area contributed by atoms with Crippen LogP contribution < -0.4 is 0 Å². The highest BCUT2D eigenvalue weighted by molar-refractivity contribution is 5.80. The highest BCUT2D eigenvalue weighted by Gasteiger charge is 2.22. The maximum absolute atomic E-state index is 11.8. The van der Waals surface area contributed by atoms with Crippen LogP contribution in [0.15, 0.2) is 12.7 Å². The van der Waals surface area contributed by atoms with Gasteiger partial charge in [-0.3, -0.25) is 4.79 Å². The molecule has 92 valence electrons. The standard InChI is InChI=1S/C10H18N2O4/c1-4-5-12(6-9(14)15)10(16)11(3)8(2)7-13/h4,8,13H,1,5-7H2,2-3H3,(H,14,15). The maximum Gasteiger partial charge on any atom is 0.323 e. The highest BCUT2D eigenvalue weighted by Crippen LogP contribution is 2.02. The van der Waals surface area contributed by atoms with Gasteiger partial charge in [-0.25, -0.2) is 4.79 Å². The summed E-state index contributed by atoms with van der Waals surface area (Å²) >= 11 is 0. The van der Waals surface area contributed by atoms with Crippen LogP contribution >= 0.6 is 0 Å². The smallest absolute Gasteiger partial charge is 0.323 e. The lowest BCUT2D eigenvalue weighted by molar-refractivity contribution is -0.137. The molecule has 0 aromatic rings. The van der Waals surface area contributed by atoms with Gasteiger partial charge in [-0.15, -0.1) is 6.58 Å². The van der Waals surface area contributed by atoms with E-state index >= 15 is 0 Å². The van der Waals surface area contributed by atoms with Crippen LogP contribution in [-0.4, -0.2) is 64.8 Å². The number of carboxylic acid groups (broad SMARTS) is 1. The molecule has 0 rings (SSSR count). The molecule has 0 bridgehead atoms. The second-order valence-electron chi connectivity index (χ2n) is 3.49. The van der Waals surface area contributed by atoms with Crippen LogP contribution in [0.4, 0.5) is 4.79 Å². The molecule has 0 saturated heterocycles. The number of carboxylic acids is 1. The Bertz CT molecular complexity index is 268. The van der Waals surface area contributed by atoms with E-state index in [0.717, 1.165) is 4.90 Å². The minimum absolute atomic E-state index is 0.160. The Morgan fingerprint density at radius 1 is 1.50 bits per heavy atom. The molecule has 0 fully saturated rings. The van der Waals surface area contributed by atoms with E-state index in [1.54, 1.807) is 6.92 Å². The van der Waals surface area contributed by atoms with Gasteiger partial charge in [0.2, 0.25) is 0 Å². The Hall–Kier alpha value is -1.56. The molecule has 0 aliphatic rings. The summed E-state index contributed by atoms with van der Waals surface area (Å²) in [5.74, 6) is -1.08. The van der Waals surface area contributed by atoms with Crippen LogP contribution in [0.25, 0.3) is 0 Å². The van der Waals surface area contributed by atoms with Gasteiger partial charge in [-0.2, -0.15) is 0 Å². The Kier molecular flexibility index (Phi) is 6.17. The van der Waals surface area contributed by atoms with Crippen molar-refractivity contribution in [1.29, 1.82) is 0 Å². The number of carbonyl (C=O) groups excluding carboxylic acids is 1. The number of aliphatic hydroxyl groups is 1. The molecule has 0 aromatic heterocycles. The molecule has 0 radical (unpaired) electrons. The lowest BCUT2D eigenvalue weighted by atomic mass is 10.3. The molecule has 0 spiro atoms. The molecule has 2 amide bonds. The van der Waals surface area contributed by atoms with Gasteiger partial charge in [-0.05, 0) is 6.92 Å². The summed E-state index contributed by atoms with van der Waals surface area (Å²) < 4.78 is 0. The lowest BCUT2D eigenvalue weighted by Crippen LogP contribution is -2.47. The predicted molar refractivity (Wildman–Crippen MR) is 59.1 cm³/mol. The average Bonchev–Trinajstić information content (AvgIpc) is 2.24. The topological polar surface area (TPSA) is 81.1 Å². The molecule has 0 aromatic carbocycles. The van der Waals surface area contributed by atoms with Crippen molar-refractivity contribution in [1.82, 2.24) is 9.80 Å². The van der Waals surface area contributed by atoms with Crippen LogP contribution in [0.5, 0.6) is 0 Å². The zero-order valence-corrected chi connectivity index (χ0v) is 9.59. The molecule has 0 saturated carbocycles. The lowest BCUT2D eigenvalue weighted by Gasteiger charge is -2.29. The summed E-state index contributed by atoms with van der Waals surface area (Å²) in [5.41, 5.74) is 0. The van der Waals surface area contributed by atoms with Crippen molar-refractivity contribution in [2.75, 3.05) is 26.7 Å². The average molecular weight is 230 g/mol. The third kappa shape index (κ3) is 4.31. The summed E-state index contributed by atoms with van der Waals surface area (Å²) in [4.78, 5) is 24.8. The Morgan fingerprint density at radius 3 is 2.44 bits per heavy atom. The van der Waals surface area contributed by atoms with Gasteiger partial charge in [0.05, 0.1) is 12.6 Å². The molecular weight excluding hydrogens is 212 g/mol. The van der Waals surface area contributed by atoms with Crippen LogP contribution in [0.3, 0.4) is 0 Å². The third-order valence-electron chi connectivity index (χ3n) is 2.17. The largest absolute Gasteiger partial charge is 0.480 e. The van der Waals surface area contributed by atoms with Crippen molar-refractivity contribution in [2.24, 2.45) is 0 Å². The molecule has 0 heterocycles. The first-order valence-corrected chi connectivity index (χ1v) is 4.89. The fraction of sp³-hybridized carbons (Fsp3) is 0.600. The van der Waals surface area contributed by atoms with E-state index in [-0.39, 0.29) is 25.7 Å². The van der Waals surface area contributed by atoms with Crippen molar-refractivity contribution >= 4 is 12.0 Å². The summed E-state index contributed by atoms with van der Waals surface area (Å²) in [7, 11) is 1.52. The predicted octanol–water partition coefficient (Wildman–Crippen LogP) is -0.00840. The maximum atomic E-state index is 11.8. The van der Waals surface area contributed by atoms with E-state index in [0.29, 0.717) is 0 Å². The first-order chi connectivity index (χ1) is 7.43. The van der Waals surface area contributed by atoms with Crippen LogP contribution in [-0.2, 0) is 4.79 Å². The molecule has 0 aliphatic carbocycles. The second-order valence-corrected chi connectivity index (χ2v) is 3.49. The number of nitrogens with zero attached hydrogens (tertiary/aromatic N) is 2. The second kappa shape index (κ2) is 6.84. The molecule has 1 atom stereocenters. The van der Waals surface area contributed by atoms with Gasteiger partial charge in [0, 0.05) is 13.6 Å². The number of hydrogen-bond acceptors (Lipinski definition) is 3. The fourth-order valence-electron chi connectivity index (χ4n) is 1.06. The molecular formula is C10H18N2O4. The summed E-state index contributed by atoms with van der Waals surface area (Å²) in [6.07, 6.45) is 1.46. The van der Waals surface area contributed by atoms with Gasteiger partial charge in [0.15, 0.2) is 0 Å². The number of rotatable bonds is 6. The zero-order valence-electron chi connectivity index (χ0n) is 9.59. The van der Waals surface area contributed by atoms with E-state index in [1.165, 1.54) is 18.0 Å². The zero-order chi connectivity index (χ0) is 12.7. The van der Waals surface area contributed by atoms with E-state index in [9.17, 15) is 9.59 Å². The number of urea groups is 1. The molecule has 16 heavy (non-hydrogen) atoms. The first kappa shape index (κ1) is 14.4. The Balaban J connectivity index is 4.58. The van der Waals surface area contributed by atoms with Crippen molar-refractivity contribution < 1.29 is 19.8 Å². The first-order valence-electron chi connectivity index (χ1n) is 4.89. The van der Waals surface area contributed by atoms with Crippen molar-refractivity contribution in [2.45, 2.75) is 13.0 Å². The van der Waals surface area contributed by atoms with Gasteiger partial charge in [0.1, 0.15) is 6.54 Å². The minimum Gasteiger partial charge on any atom is -0.480 e. The van der Waals surface area contributed by atoms with Gasteiger partial charge >= 0.3 is 12.0 Å². The summed E-state index contributed by atoms with van der Waals surface area (Å²) in [6.45, 7) is 4.74. The summed E-state index contributed by atoms with van der Waals surface area (Å²) in [6, 6.07) is -0.794. The fourth-order valence-corrected chi connectivity index (χ4v) is 1.06. The number of amides is 2. The van der Waals surface area contributed by atoms with Crippen LogP contribution in [0.1, 0.15) is 6.92 Å². The van der Waals surface area contributed by atoms with Crippen molar-refractivity contribution in [3.8, 4) is 0 Å². The number of aliphatic carboxylic acids is 1. The Morgan fingerprint density at radius 2 is 2.06 bits per heavy atom. The molecule has 0 aliphatic heterocycles. The van der Waals surface area contributed by atoms with Crippen LogP contribution in [0.2, 0.25) is 0 Å². The summed E-state index contributed by atoms with van der Waals surface area (Å²) in [5, 5.41) is 17.5. The third-order valence-corrected chi connectivity index (χ3v) is 2.17. The van der Waals surface area contributed by atoms with E-state index in [1.807, 2.05) is 0 Å². The van der Waals surface area contributed by atoms with E-state index in [2.05, 4.69) is 6.58 Å². The minimum atomic E-state index is -1.08. The van der Waals surface area contributed by atoms with Gasteiger partial charge in [-0.1, -0.05) is 6.08 Å². The van der Waals surface area contributed by atoms with Crippen molar-refractivity contribution in [3.05, 3.63) is 12.7 Å². The molecule has 6 nitrogen and oxygen atoms in total. The normalized spacial score (nSPS) is 11.7. The van der Waals surface area contributed by atoms with E-state index < -0.39 is 12.0 Å². The molecule has 6 heteroatoms.